The van der Waals surface area contributed by atoms with E-state index in [1.807, 2.05) is 19.9 Å². The number of rotatable bonds is 4. The predicted octanol–water partition coefficient (Wildman–Crippen LogP) is 3.78. The molecule has 0 radical (unpaired) electrons. The van der Waals surface area contributed by atoms with E-state index in [0.717, 1.165) is 35.8 Å². The molecule has 0 aliphatic rings. The fraction of sp³-hybridized carbons (Fsp3) is 0.385. The molecule has 3 nitrogen and oxygen atoms in total. The Morgan fingerprint density at radius 3 is 2.72 bits per heavy atom. The third-order valence-corrected chi connectivity index (χ3v) is 3.23. The first kappa shape index (κ1) is 13.0. The van der Waals surface area contributed by atoms with Crippen LogP contribution in [0.5, 0.6) is 0 Å². The number of halogens is 1. The maximum Gasteiger partial charge on any atom is 0.168 e. The highest BCUT2D eigenvalue weighted by molar-refractivity contribution is 6.99. The fourth-order valence-electron chi connectivity index (χ4n) is 1.93. The summed E-state index contributed by atoms with van der Waals surface area (Å²) in [7, 11) is 0. The van der Waals surface area contributed by atoms with Crippen molar-refractivity contribution in [1.82, 2.24) is 8.75 Å². The summed E-state index contributed by atoms with van der Waals surface area (Å²) in [6.45, 7) is 6.67. The topological polar surface area (TPSA) is 37.8 Å². The molecule has 1 heterocycles. The van der Waals surface area contributed by atoms with Gasteiger partial charge in [-0.15, -0.1) is 0 Å². The molecule has 2 aromatic rings. The molecule has 0 saturated carbocycles. The Morgan fingerprint density at radius 1 is 1.28 bits per heavy atom. The number of hydrogen-bond donors (Lipinski definition) is 1. The lowest BCUT2D eigenvalue weighted by Gasteiger charge is -2.08. The number of aryl methyl sites for hydroxylation is 2. The lowest BCUT2D eigenvalue weighted by atomic mass is 10.0. The Morgan fingerprint density at radius 2 is 2.06 bits per heavy atom. The Bertz CT molecular complexity index is 528. The highest BCUT2D eigenvalue weighted by Crippen LogP contribution is 2.31. The minimum Gasteiger partial charge on any atom is -0.367 e. The molecule has 0 aliphatic heterocycles. The lowest BCUT2D eigenvalue weighted by Crippen LogP contribution is -2.02. The minimum absolute atomic E-state index is 0.236. The lowest BCUT2D eigenvalue weighted by molar-refractivity contribution is 0.628. The zero-order valence-electron chi connectivity index (χ0n) is 10.7. The summed E-state index contributed by atoms with van der Waals surface area (Å²) in [6, 6.07) is 3.49. The van der Waals surface area contributed by atoms with E-state index >= 15 is 0 Å². The molecule has 0 saturated heterocycles. The molecular weight excluding hydrogens is 249 g/mol. The number of nitrogens with zero attached hydrogens (tertiary/aromatic N) is 2. The number of hydrogen-bond acceptors (Lipinski definition) is 4. The van der Waals surface area contributed by atoms with Crippen LogP contribution in [0.4, 0.5) is 10.2 Å². The Hall–Kier alpha value is -1.49. The van der Waals surface area contributed by atoms with Gasteiger partial charge in [0, 0.05) is 12.1 Å². The number of aromatic nitrogens is 2. The van der Waals surface area contributed by atoms with Gasteiger partial charge in [-0.3, -0.25) is 0 Å². The molecule has 0 amide bonds. The second-order valence-corrected chi connectivity index (χ2v) is 4.86. The van der Waals surface area contributed by atoms with Gasteiger partial charge in [0.25, 0.3) is 0 Å². The largest absolute Gasteiger partial charge is 0.367 e. The molecule has 1 aromatic carbocycles. The second-order valence-electron chi connectivity index (χ2n) is 4.33. The smallest absolute Gasteiger partial charge is 0.168 e. The van der Waals surface area contributed by atoms with Crippen LogP contribution >= 0.6 is 11.7 Å². The highest BCUT2D eigenvalue weighted by Gasteiger charge is 2.17. The average Bonchev–Trinajstić information content (AvgIpc) is 2.73. The Labute approximate surface area is 110 Å². The molecular formula is C13H16FN3S. The van der Waals surface area contributed by atoms with Crippen LogP contribution in [0.2, 0.25) is 0 Å². The van der Waals surface area contributed by atoms with E-state index in [1.54, 1.807) is 0 Å². The van der Waals surface area contributed by atoms with Crippen molar-refractivity contribution in [1.29, 1.82) is 0 Å². The van der Waals surface area contributed by atoms with Crippen LogP contribution in [0.25, 0.3) is 11.3 Å². The molecule has 5 heteroatoms. The monoisotopic (exact) mass is 265 g/mol. The average molecular weight is 265 g/mol. The van der Waals surface area contributed by atoms with Gasteiger partial charge in [0.05, 0.1) is 11.7 Å². The van der Waals surface area contributed by atoms with Crippen LogP contribution in [-0.2, 0) is 0 Å². The van der Waals surface area contributed by atoms with Crippen LogP contribution < -0.4 is 5.32 Å². The van der Waals surface area contributed by atoms with Gasteiger partial charge in [-0.05, 0) is 37.5 Å². The van der Waals surface area contributed by atoms with Crippen molar-refractivity contribution >= 4 is 17.5 Å². The molecule has 96 valence electrons. The van der Waals surface area contributed by atoms with Crippen molar-refractivity contribution < 1.29 is 4.39 Å². The number of nitrogens with one attached hydrogen (secondary N) is 1. The van der Waals surface area contributed by atoms with Crippen molar-refractivity contribution in [3.63, 3.8) is 0 Å². The van der Waals surface area contributed by atoms with Crippen molar-refractivity contribution in [2.75, 3.05) is 11.9 Å². The van der Waals surface area contributed by atoms with E-state index in [9.17, 15) is 4.39 Å². The molecule has 18 heavy (non-hydrogen) atoms. The van der Waals surface area contributed by atoms with Crippen LogP contribution in [0.1, 0.15) is 24.5 Å². The Balaban J connectivity index is 2.46. The van der Waals surface area contributed by atoms with Crippen LogP contribution in [0.3, 0.4) is 0 Å². The summed E-state index contributed by atoms with van der Waals surface area (Å²) < 4.78 is 22.5. The van der Waals surface area contributed by atoms with Gasteiger partial charge in [0.1, 0.15) is 11.5 Å². The van der Waals surface area contributed by atoms with Crippen LogP contribution in [-0.4, -0.2) is 15.3 Å². The maximum atomic E-state index is 14.1. The van der Waals surface area contributed by atoms with Crippen LogP contribution in [0.15, 0.2) is 12.1 Å². The summed E-state index contributed by atoms with van der Waals surface area (Å²) in [6.07, 6.45) is 0.992. The summed E-state index contributed by atoms with van der Waals surface area (Å²) in [5, 5.41) is 3.18. The van der Waals surface area contributed by atoms with Gasteiger partial charge >= 0.3 is 0 Å². The van der Waals surface area contributed by atoms with Crippen molar-refractivity contribution in [2.45, 2.75) is 27.2 Å². The van der Waals surface area contributed by atoms with Crippen LogP contribution in [0, 0.1) is 19.7 Å². The van der Waals surface area contributed by atoms with Gasteiger partial charge in [0.15, 0.2) is 5.82 Å². The van der Waals surface area contributed by atoms with Gasteiger partial charge in [0.2, 0.25) is 0 Å². The predicted molar refractivity (Wildman–Crippen MR) is 73.6 cm³/mol. The van der Waals surface area contributed by atoms with E-state index in [0.29, 0.717) is 17.1 Å². The molecule has 1 N–H and O–H groups in total. The first-order valence-electron chi connectivity index (χ1n) is 5.97. The SMILES string of the molecule is CCCNc1nsnc1-c1c(C)cc(C)cc1F. The third kappa shape index (κ3) is 2.51. The quantitative estimate of drug-likeness (QED) is 0.914. The number of benzene rings is 1. The minimum atomic E-state index is -0.236. The molecule has 0 bridgehead atoms. The molecule has 0 aliphatic carbocycles. The van der Waals surface area contributed by atoms with Gasteiger partial charge in [-0.2, -0.15) is 8.75 Å². The molecule has 0 unspecified atom stereocenters. The normalized spacial score (nSPS) is 10.7. The van der Waals surface area contributed by atoms with Crippen molar-refractivity contribution in [3.8, 4) is 11.3 Å². The molecule has 2 rings (SSSR count). The zero-order chi connectivity index (χ0) is 13.1. The van der Waals surface area contributed by atoms with Gasteiger partial charge in [-0.25, -0.2) is 4.39 Å². The summed E-state index contributed by atoms with van der Waals surface area (Å²) in [4.78, 5) is 0. The summed E-state index contributed by atoms with van der Waals surface area (Å²) >= 11 is 1.10. The fourth-order valence-corrected chi connectivity index (χ4v) is 2.46. The molecule has 0 fully saturated rings. The molecule has 0 spiro atoms. The number of anilines is 1. The molecule has 0 atom stereocenters. The van der Waals surface area contributed by atoms with E-state index in [2.05, 4.69) is 21.0 Å². The third-order valence-electron chi connectivity index (χ3n) is 2.70. The van der Waals surface area contributed by atoms with Crippen molar-refractivity contribution in [3.05, 3.63) is 29.1 Å². The summed E-state index contributed by atoms with van der Waals surface area (Å²) in [5.74, 6) is 0.437. The van der Waals surface area contributed by atoms with E-state index in [4.69, 9.17) is 0 Å². The van der Waals surface area contributed by atoms with Gasteiger partial charge < -0.3 is 5.32 Å². The highest BCUT2D eigenvalue weighted by atomic mass is 32.1. The first-order chi connectivity index (χ1) is 8.63. The maximum absolute atomic E-state index is 14.1. The Kier molecular flexibility index (Phi) is 3.91. The van der Waals surface area contributed by atoms with E-state index in [-0.39, 0.29) is 5.82 Å². The van der Waals surface area contributed by atoms with E-state index < -0.39 is 0 Å². The standard InChI is InChI=1S/C13H16FN3S/c1-4-5-15-13-12(16-18-17-13)11-9(3)6-8(2)7-10(11)14/h6-7H,4-5H2,1-3H3,(H,15,17). The first-order valence-corrected chi connectivity index (χ1v) is 6.70. The summed E-state index contributed by atoms with van der Waals surface area (Å²) in [5.41, 5.74) is 2.97. The zero-order valence-corrected chi connectivity index (χ0v) is 11.6. The van der Waals surface area contributed by atoms with E-state index in [1.165, 1.54) is 6.07 Å². The van der Waals surface area contributed by atoms with Gasteiger partial charge in [-0.1, -0.05) is 13.0 Å². The molecule has 1 aromatic heterocycles. The van der Waals surface area contributed by atoms with Crippen molar-refractivity contribution in [2.24, 2.45) is 0 Å². The second kappa shape index (κ2) is 5.44.